The highest BCUT2D eigenvalue weighted by molar-refractivity contribution is 7.91. The van der Waals surface area contributed by atoms with Gasteiger partial charge >= 0.3 is 11.7 Å². The second-order valence-corrected chi connectivity index (χ2v) is 9.86. The van der Waals surface area contributed by atoms with E-state index in [0.717, 1.165) is 0 Å². The van der Waals surface area contributed by atoms with Gasteiger partial charge in [-0.2, -0.15) is 0 Å². The molecule has 30 heavy (non-hydrogen) atoms. The Kier molecular flexibility index (Phi) is 6.56. The second kappa shape index (κ2) is 8.81. The number of hydrogen-bond donors (Lipinski definition) is 0. The minimum atomic E-state index is -3.14. The van der Waals surface area contributed by atoms with Crippen molar-refractivity contribution in [1.82, 2.24) is 9.47 Å². The van der Waals surface area contributed by atoms with Gasteiger partial charge in [0.1, 0.15) is 0 Å². The molecule has 0 bridgehead atoms. The number of benzene rings is 1. The topological polar surface area (TPSA) is 116 Å². The van der Waals surface area contributed by atoms with Crippen molar-refractivity contribution in [3.05, 3.63) is 33.8 Å². The fourth-order valence-corrected chi connectivity index (χ4v) is 5.50. The van der Waals surface area contributed by atoms with Crippen LogP contribution in [0.3, 0.4) is 0 Å². The molecule has 164 valence electrons. The number of esters is 1. The SMILES string of the molecule is CCN(C(=O)[C@H](C)OC(=O)CCn1c(=O)oc2cc(Cl)ccc21)[C@H]1CCS(=O)(=O)C1. The molecule has 0 spiro atoms. The zero-order chi connectivity index (χ0) is 22.1. The largest absolute Gasteiger partial charge is 0.452 e. The average molecular weight is 459 g/mol. The molecule has 0 radical (unpaired) electrons. The fourth-order valence-electron chi connectivity index (χ4n) is 3.61. The number of sulfone groups is 1. The number of likely N-dealkylation sites (N-methyl/N-ethyl adjacent to an activating group) is 1. The molecule has 2 aromatic rings. The number of oxazole rings is 1. The van der Waals surface area contributed by atoms with Crippen LogP contribution in [0.5, 0.6) is 0 Å². The van der Waals surface area contributed by atoms with Crippen molar-refractivity contribution in [1.29, 1.82) is 0 Å². The van der Waals surface area contributed by atoms with Gasteiger partial charge in [-0.1, -0.05) is 11.6 Å². The normalized spacial score (nSPS) is 19.0. The van der Waals surface area contributed by atoms with Gasteiger partial charge in [-0.05, 0) is 32.4 Å². The Morgan fingerprint density at radius 1 is 1.40 bits per heavy atom. The zero-order valence-corrected chi connectivity index (χ0v) is 18.2. The molecule has 3 rings (SSSR count). The van der Waals surface area contributed by atoms with Crippen LogP contribution >= 0.6 is 11.6 Å². The van der Waals surface area contributed by atoms with Crippen LogP contribution in [0.4, 0.5) is 0 Å². The molecule has 11 heteroatoms. The number of nitrogens with zero attached hydrogens (tertiary/aromatic N) is 2. The number of amides is 1. The summed E-state index contributed by atoms with van der Waals surface area (Å²) in [6.45, 7) is 3.54. The van der Waals surface area contributed by atoms with Gasteiger partial charge in [0, 0.05) is 30.2 Å². The van der Waals surface area contributed by atoms with E-state index in [-0.39, 0.29) is 24.5 Å². The number of carbonyl (C=O) groups excluding carboxylic acids is 2. The molecule has 2 heterocycles. The van der Waals surface area contributed by atoms with E-state index >= 15 is 0 Å². The summed E-state index contributed by atoms with van der Waals surface area (Å²) < 4.78 is 35.0. The number of fused-ring (bicyclic) bond motifs is 1. The third kappa shape index (κ3) is 4.86. The van der Waals surface area contributed by atoms with Crippen LogP contribution in [0.2, 0.25) is 5.02 Å². The monoisotopic (exact) mass is 458 g/mol. The first-order valence-electron chi connectivity index (χ1n) is 9.60. The summed E-state index contributed by atoms with van der Waals surface area (Å²) in [5, 5.41) is 0.422. The summed E-state index contributed by atoms with van der Waals surface area (Å²) in [4.78, 5) is 38.4. The van der Waals surface area contributed by atoms with Crippen molar-refractivity contribution >= 4 is 44.4 Å². The fraction of sp³-hybridized carbons (Fsp3) is 0.526. The van der Waals surface area contributed by atoms with E-state index in [1.54, 1.807) is 19.1 Å². The first kappa shape index (κ1) is 22.4. The molecule has 9 nitrogen and oxygen atoms in total. The van der Waals surface area contributed by atoms with E-state index in [1.165, 1.54) is 22.5 Å². The summed E-state index contributed by atoms with van der Waals surface area (Å²) in [5.74, 6) is -1.74. The molecule has 1 aliphatic heterocycles. The third-order valence-corrected chi connectivity index (χ3v) is 7.08. The van der Waals surface area contributed by atoms with Crippen molar-refractivity contribution < 1.29 is 27.2 Å². The standard InChI is InChI=1S/C19H23ClN2O7S/c1-3-21(14-7-9-30(26,27)11-14)18(24)12(2)28-17(23)6-8-22-15-5-4-13(20)10-16(15)29-19(22)25/h4-5,10,12,14H,3,6-9,11H2,1-2H3/t12-,14-/m0/s1. The lowest BCUT2D eigenvalue weighted by atomic mass is 10.2. The quantitative estimate of drug-likeness (QED) is 0.578. The number of halogens is 1. The van der Waals surface area contributed by atoms with Crippen LogP contribution in [0.1, 0.15) is 26.7 Å². The van der Waals surface area contributed by atoms with Gasteiger partial charge in [-0.15, -0.1) is 0 Å². The van der Waals surface area contributed by atoms with Crippen molar-refractivity contribution in [2.75, 3.05) is 18.1 Å². The van der Waals surface area contributed by atoms with Crippen molar-refractivity contribution in [3.8, 4) is 0 Å². The summed E-state index contributed by atoms with van der Waals surface area (Å²) in [6, 6.07) is 4.33. The molecule has 0 aliphatic carbocycles. The summed E-state index contributed by atoms with van der Waals surface area (Å²) in [6.07, 6.45) is -0.820. The zero-order valence-electron chi connectivity index (χ0n) is 16.7. The van der Waals surface area contributed by atoms with Gasteiger partial charge in [0.25, 0.3) is 5.91 Å². The van der Waals surface area contributed by atoms with Crippen molar-refractivity contribution in [2.24, 2.45) is 0 Å². The van der Waals surface area contributed by atoms with Gasteiger partial charge in [-0.3, -0.25) is 14.2 Å². The summed E-state index contributed by atoms with van der Waals surface area (Å²) >= 11 is 5.88. The van der Waals surface area contributed by atoms with Crippen molar-refractivity contribution in [3.63, 3.8) is 0 Å². The number of carbonyl (C=O) groups is 2. The van der Waals surface area contributed by atoms with Gasteiger partial charge in [-0.25, -0.2) is 13.2 Å². The smallest absolute Gasteiger partial charge is 0.419 e. The molecule has 1 aliphatic rings. The van der Waals surface area contributed by atoms with E-state index < -0.39 is 39.6 Å². The van der Waals surface area contributed by atoms with E-state index in [4.69, 9.17) is 20.8 Å². The van der Waals surface area contributed by atoms with E-state index in [2.05, 4.69) is 0 Å². The van der Waals surface area contributed by atoms with Crippen LogP contribution < -0.4 is 5.76 Å². The lowest BCUT2D eigenvalue weighted by Gasteiger charge is -2.29. The van der Waals surface area contributed by atoms with E-state index in [9.17, 15) is 22.8 Å². The van der Waals surface area contributed by atoms with Crippen LogP contribution in [-0.4, -0.2) is 60.0 Å². The maximum atomic E-state index is 12.7. The number of aryl methyl sites for hydroxylation is 1. The number of rotatable bonds is 7. The Morgan fingerprint density at radius 2 is 2.13 bits per heavy atom. The van der Waals surface area contributed by atoms with Gasteiger partial charge in [0.05, 0.1) is 23.4 Å². The Morgan fingerprint density at radius 3 is 2.77 bits per heavy atom. The average Bonchev–Trinajstić information content (AvgIpc) is 3.18. The first-order valence-corrected chi connectivity index (χ1v) is 11.8. The molecule has 1 aromatic carbocycles. The van der Waals surface area contributed by atoms with Gasteiger partial charge < -0.3 is 14.1 Å². The Balaban J connectivity index is 1.60. The molecule has 1 fully saturated rings. The summed E-state index contributed by atoms with van der Waals surface area (Å²) in [5.41, 5.74) is 0.815. The Bertz CT molecular complexity index is 1120. The van der Waals surface area contributed by atoms with Gasteiger partial charge in [0.15, 0.2) is 21.5 Å². The van der Waals surface area contributed by atoms with Crippen LogP contribution in [-0.2, 0) is 30.7 Å². The number of aromatic nitrogens is 1. The second-order valence-electron chi connectivity index (χ2n) is 7.19. The van der Waals surface area contributed by atoms with Gasteiger partial charge in [0.2, 0.25) is 0 Å². The molecule has 0 saturated carbocycles. The highest BCUT2D eigenvalue weighted by Crippen LogP contribution is 2.20. The Labute approximate surface area is 178 Å². The molecule has 2 atom stereocenters. The van der Waals surface area contributed by atoms with E-state index in [0.29, 0.717) is 29.1 Å². The molecule has 1 aromatic heterocycles. The predicted octanol–water partition coefficient (Wildman–Crippen LogP) is 1.61. The minimum Gasteiger partial charge on any atom is -0.452 e. The Hall–Kier alpha value is -2.33. The lowest BCUT2D eigenvalue weighted by Crippen LogP contribution is -2.46. The minimum absolute atomic E-state index is 0.0194. The predicted molar refractivity (Wildman–Crippen MR) is 110 cm³/mol. The molecule has 1 saturated heterocycles. The maximum Gasteiger partial charge on any atom is 0.419 e. The van der Waals surface area contributed by atoms with Crippen LogP contribution in [0, 0.1) is 0 Å². The lowest BCUT2D eigenvalue weighted by molar-refractivity contribution is -0.160. The molecule has 1 amide bonds. The molecular weight excluding hydrogens is 436 g/mol. The maximum absolute atomic E-state index is 12.7. The number of ether oxygens (including phenoxy) is 1. The summed E-state index contributed by atoms with van der Waals surface area (Å²) in [7, 11) is -3.14. The highest BCUT2D eigenvalue weighted by atomic mass is 35.5. The molecule has 0 N–H and O–H groups in total. The highest BCUT2D eigenvalue weighted by Gasteiger charge is 2.36. The van der Waals surface area contributed by atoms with E-state index in [1.807, 2.05) is 0 Å². The van der Waals surface area contributed by atoms with Crippen LogP contribution in [0.15, 0.2) is 27.4 Å². The van der Waals surface area contributed by atoms with Crippen molar-refractivity contribution in [2.45, 2.75) is 45.4 Å². The molecule has 0 unspecified atom stereocenters. The van der Waals surface area contributed by atoms with Crippen LogP contribution in [0.25, 0.3) is 11.1 Å². The third-order valence-electron chi connectivity index (χ3n) is 5.10. The molecular formula is C19H23ClN2O7S. The first-order chi connectivity index (χ1) is 14.1. The number of hydrogen-bond acceptors (Lipinski definition) is 7.